The van der Waals surface area contributed by atoms with Gasteiger partial charge in [0.05, 0.1) is 12.4 Å². The monoisotopic (exact) mass is 534 g/mol. The molecule has 6 nitrogen and oxygen atoms in total. The topological polar surface area (TPSA) is 69.0 Å². The Morgan fingerprint density at radius 1 is 1.03 bits per heavy atom. The van der Waals surface area contributed by atoms with Crippen molar-refractivity contribution in [3.05, 3.63) is 82.9 Å². The number of hydrogen-bond acceptors (Lipinski definition) is 5. The van der Waals surface area contributed by atoms with Crippen molar-refractivity contribution < 1.29 is 9.53 Å². The van der Waals surface area contributed by atoms with Gasteiger partial charge in [0, 0.05) is 22.0 Å². The van der Waals surface area contributed by atoms with Crippen molar-refractivity contribution in [1.82, 2.24) is 14.8 Å². The van der Waals surface area contributed by atoms with Crippen molar-refractivity contribution in [3.63, 3.8) is 0 Å². The molecule has 1 amide bonds. The largest absolute Gasteiger partial charge is 0.494 e. The summed E-state index contributed by atoms with van der Waals surface area (Å²) in [4.78, 5) is 12.8. The number of carbonyl (C=O) groups excluding carboxylic acids is 1. The minimum absolute atomic E-state index is 0.0526. The van der Waals surface area contributed by atoms with Gasteiger partial charge in [-0.05, 0) is 66.8 Å². The second-order valence-corrected chi connectivity index (χ2v) is 11.0. The lowest BCUT2D eigenvalue weighted by Gasteiger charge is -2.19. The van der Waals surface area contributed by atoms with Gasteiger partial charge in [-0.1, -0.05) is 74.5 Å². The van der Waals surface area contributed by atoms with Gasteiger partial charge in [0.25, 0.3) is 0 Å². The average Bonchev–Trinajstić information content (AvgIpc) is 3.30. The number of anilines is 1. The van der Waals surface area contributed by atoms with Crippen LogP contribution >= 0.6 is 23.4 Å². The number of ether oxygens (including phenoxy) is 1. The van der Waals surface area contributed by atoms with Gasteiger partial charge in [0.1, 0.15) is 5.75 Å². The van der Waals surface area contributed by atoms with Crippen LogP contribution in [0.5, 0.6) is 5.75 Å². The number of hydrogen-bond donors (Lipinski definition) is 1. The molecular formula is C29H31ClN4O2S. The zero-order valence-electron chi connectivity index (χ0n) is 21.7. The van der Waals surface area contributed by atoms with Crippen molar-refractivity contribution >= 4 is 35.0 Å². The van der Waals surface area contributed by atoms with E-state index >= 15 is 0 Å². The van der Waals surface area contributed by atoms with Crippen molar-refractivity contribution in [2.45, 2.75) is 45.2 Å². The summed E-state index contributed by atoms with van der Waals surface area (Å²) in [5, 5.41) is 13.1. The van der Waals surface area contributed by atoms with Crippen LogP contribution in [0.1, 0.15) is 38.8 Å². The van der Waals surface area contributed by atoms with Crippen molar-refractivity contribution in [1.29, 1.82) is 0 Å². The quantitative estimate of drug-likeness (QED) is 0.240. The molecule has 0 atom stereocenters. The average molecular weight is 535 g/mol. The minimum Gasteiger partial charge on any atom is -0.494 e. The van der Waals surface area contributed by atoms with Crippen LogP contribution in [0, 0.1) is 6.92 Å². The third-order valence-corrected chi connectivity index (χ3v) is 7.26. The number of thioether (sulfide) groups is 1. The molecule has 0 aliphatic heterocycles. The fourth-order valence-corrected chi connectivity index (χ4v) is 4.75. The van der Waals surface area contributed by atoms with E-state index < -0.39 is 0 Å². The van der Waals surface area contributed by atoms with Crippen molar-refractivity contribution in [2.75, 3.05) is 17.7 Å². The summed E-state index contributed by atoms with van der Waals surface area (Å²) in [6.45, 7) is 11.0. The lowest BCUT2D eigenvalue weighted by atomic mass is 9.87. The highest BCUT2D eigenvalue weighted by Crippen LogP contribution is 2.31. The van der Waals surface area contributed by atoms with Gasteiger partial charge in [-0.2, -0.15) is 0 Å². The third kappa shape index (κ3) is 6.35. The van der Waals surface area contributed by atoms with Gasteiger partial charge in [-0.15, -0.1) is 10.2 Å². The fraction of sp³-hybridized carbons (Fsp3) is 0.276. The maximum Gasteiger partial charge on any atom is 0.234 e. The molecule has 37 heavy (non-hydrogen) atoms. The summed E-state index contributed by atoms with van der Waals surface area (Å²) in [5.41, 5.74) is 4.66. The molecule has 192 valence electrons. The maximum absolute atomic E-state index is 12.8. The first kappa shape index (κ1) is 26.8. The SMILES string of the molecule is CCOc1ccc(-n2c(SCC(=O)Nc3cccc(Cl)c3C)nnc2-c2ccc(C(C)(C)C)cc2)cc1. The van der Waals surface area contributed by atoms with Gasteiger partial charge in [-0.25, -0.2) is 0 Å². The molecular weight excluding hydrogens is 504 g/mol. The number of benzene rings is 3. The second kappa shape index (κ2) is 11.4. The standard InChI is InChI=1S/C29H31ClN4O2S/c1-6-36-23-16-14-22(15-17-23)34-27(20-10-12-21(13-11-20)29(3,4)5)32-33-28(34)37-18-26(35)31-25-9-7-8-24(30)19(25)2/h7-17H,6,18H2,1-5H3,(H,31,35). The lowest BCUT2D eigenvalue weighted by Crippen LogP contribution is -2.15. The van der Waals surface area contributed by atoms with Crippen LogP contribution in [0.15, 0.2) is 71.9 Å². The molecule has 4 aromatic rings. The predicted molar refractivity (Wildman–Crippen MR) is 152 cm³/mol. The summed E-state index contributed by atoms with van der Waals surface area (Å²) in [6, 6.07) is 21.6. The molecule has 0 saturated carbocycles. The first-order chi connectivity index (χ1) is 17.7. The molecule has 0 unspecified atom stereocenters. The van der Waals surface area contributed by atoms with Gasteiger partial charge in [-0.3, -0.25) is 9.36 Å². The van der Waals surface area contributed by atoms with E-state index in [2.05, 4.69) is 60.6 Å². The smallest absolute Gasteiger partial charge is 0.234 e. The Bertz CT molecular complexity index is 1380. The lowest BCUT2D eigenvalue weighted by molar-refractivity contribution is -0.113. The number of halogens is 1. The molecule has 0 spiro atoms. The molecule has 0 aliphatic rings. The van der Waals surface area contributed by atoms with Crippen LogP contribution in [0.3, 0.4) is 0 Å². The van der Waals surface area contributed by atoms with E-state index in [1.54, 1.807) is 6.07 Å². The molecule has 0 aliphatic carbocycles. The van der Waals surface area contributed by atoms with E-state index in [9.17, 15) is 4.79 Å². The second-order valence-electron chi connectivity index (χ2n) is 9.65. The van der Waals surface area contributed by atoms with Gasteiger partial charge in [0.2, 0.25) is 5.91 Å². The zero-order valence-corrected chi connectivity index (χ0v) is 23.3. The highest BCUT2D eigenvalue weighted by molar-refractivity contribution is 7.99. The molecule has 1 aromatic heterocycles. The Balaban J connectivity index is 1.63. The summed E-state index contributed by atoms with van der Waals surface area (Å²) < 4.78 is 7.59. The molecule has 0 fully saturated rings. The van der Waals surface area contributed by atoms with E-state index in [0.29, 0.717) is 28.3 Å². The zero-order chi connectivity index (χ0) is 26.6. The molecule has 0 radical (unpaired) electrons. The molecule has 0 saturated heterocycles. The highest BCUT2D eigenvalue weighted by Gasteiger charge is 2.19. The summed E-state index contributed by atoms with van der Waals surface area (Å²) >= 11 is 7.53. The van der Waals surface area contributed by atoms with Crippen LogP contribution in [0.4, 0.5) is 5.69 Å². The van der Waals surface area contributed by atoms with Gasteiger partial charge < -0.3 is 10.1 Å². The fourth-order valence-electron chi connectivity index (χ4n) is 3.82. The van der Waals surface area contributed by atoms with Crippen molar-refractivity contribution in [2.24, 2.45) is 0 Å². The Hall–Kier alpha value is -3.29. The normalized spacial score (nSPS) is 11.4. The van der Waals surface area contributed by atoms with E-state index in [0.717, 1.165) is 22.6 Å². The highest BCUT2D eigenvalue weighted by atomic mass is 35.5. The summed E-state index contributed by atoms with van der Waals surface area (Å²) in [7, 11) is 0. The molecule has 8 heteroatoms. The van der Waals surface area contributed by atoms with Crippen LogP contribution in [0.2, 0.25) is 5.02 Å². The molecule has 1 N–H and O–H groups in total. The number of amides is 1. The van der Waals surface area contributed by atoms with Gasteiger partial charge >= 0.3 is 0 Å². The first-order valence-corrected chi connectivity index (χ1v) is 13.5. The van der Waals surface area contributed by atoms with Crippen LogP contribution < -0.4 is 10.1 Å². The molecule has 0 bridgehead atoms. The number of aromatic nitrogens is 3. The Morgan fingerprint density at radius 2 is 1.73 bits per heavy atom. The maximum atomic E-state index is 12.8. The number of rotatable bonds is 8. The molecule has 3 aromatic carbocycles. The molecule has 4 rings (SSSR count). The van der Waals surface area contributed by atoms with Crippen LogP contribution in [-0.4, -0.2) is 33.0 Å². The predicted octanol–water partition coefficient (Wildman–Crippen LogP) is 7.32. The number of carbonyl (C=O) groups is 1. The van der Waals surface area contributed by atoms with E-state index in [-0.39, 0.29) is 17.1 Å². The number of nitrogens with one attached hydrogen (secondary N) is 1. The van der Waals surface area contributed by atoms with Crippen LogP contribution in [0.25, 0.3) is 17.1 Å². The first-order valence-electron chi connectivity index (χ1n) is 12.1. The number of nitrogens with zero attached hydrogens (tertiary/aromatic N) is 3. The Labute approximate surface area is 227 Å². The third-order valence-electron chi connectivity index (χ3n) is 5.92. The molecule has 1 heterocycles. The van der Waals surface area contributed by atoms with Crippen LogP contribution in [-0.2, 0) is 10.2 Å². The van der Waals surface area contributed by atoms with E-state index in [1.165, 1.54) is 17.3 Å². The Morgan fingerprint density at radius 3 is 2.38 bits per heavy atom. The van der Waals surface area contributed by atoms with Crippen molar-refractivity contribution in [3.8, 4) is 22.8 Å². The Kier molecular flexibility index (Phi) is 8.25. The van der Waals surface area contributed by atoms with E-state index in [4.69, 9.17) is 16.3 Å². The summed E-state index contributed by atoms with van der Waals surface area (Å²) in [5.74, 6) is 1.52. The summed E-state index contributed by atoms with van der Waals surface area (Å²) in [6.07, 6.45) is 0. The van der Waals surface area contributed by atoms with Gasteiger partial charge in [0.15, 0.2) is 11.0 Å². The minimum atomic E-state index is -0.146. The van der Waals surface area contributed by atoms with E-state index in [1.807, 2.05) is 54.8 Å².